The van der Waals surface area contributed by atoms with Crippen molar-refractivity contribution in [2.75, 3.05) is 27.9 Å². The van der Waals surface area contributed by atoms with Crippen LogP contribution in [0.1, 0.15) is 11.7 Å². The topological polar surface area (TPSA) is 86.0 Å². The molecular formula is C11H18N2O4. The first kappa shape index (κ1) is 13.6. The van der Waals surface area contributed by atoms with E-state index in [1.54, 1.807) is 19.2 Å². The number of aliphatic hydroxyl groups excluding tert-OH is 1. The minimum Gasteiger partial charge on any atom is -0.496 e. The van der Waals surface area contributed by atoms with Crippen molar-refractivity contribution < 1.29 is 19.3 Å². The highest BCUT2D eigenvalue weighted by atomic mass is 16.5. The molecule has 6 nitrogen and oxygen atoms in total. The number of nitrogens with one attached hydrogen (secondary N) is 1. The maximum atomic E-state index is 9.96. The zero-order valence-electron chi connectivity index (χ0n) is 10.2. The molecule has 1 rings (SSSR count). The van der Waals surface area contributed by atoms with Crippen molar-refractivity contribution >= 4 is 0 Å². The van der Waals surface area contributed by atoms with Crippen molar-refractivity contribution in [3.05, 3.63) is 17.7 Å². The van der Waals surface area contributed by atoms with Gasteiger partial charge in [0.1, 0.15) is 23.4 Å². The fourth-order valence-corrected chi connectivity index (χ4v) is 1.57. The predicted molar refractivity (Wildman–Crippen MR) is 63.2 cm³/mol. The van der Waals surface area contributed by atoms with Gasteiger partial charge in [-0.2, -0.15) is 0 Å². The van der Waals surface area contributed by atoms with Crippen molar-refractivity contribution in [1.29, 1.82) is 0 Å². The average molecular weight is 242 g/mol. The number of hydrazine groups is 1. The summed E-state index contributed by atoms with van der Waals surface area (Å²) in [7, 11) is 4.58. The van der Waals surface area contributed by atoms with Crippen molar-refractivity contribution in [2.45, 2.75) is 6.10 Å². The van der Waals surface area contributed by atoms with Gasteiger partial charge in [0.15, 0.2) is 0 Å². The van der Waals surface area contributed by atoms with E-state index in [2.05, 4.69) is 5.43 Å². The molecule has 1 atom stereocenters. The Morgan fingerprint density at radius 2 is 1.71 bits per heavy atom. The fraction of sp³-hybridized carbons (Fsp3) is 0.455. The van der Waals surface area contributed by atoms with Crippen LogP contribution >= 0.6 is 0 Å². The Hall–Kier alpha value is -1.50. The van der Waals surface area contributed by atoms with Crippen LogP contribution in [-0.2, 0) is 0 Å². The highest BCUT2D eigenvalue weighted by molar-refractivity contribution is 5.52. The number of nitrogens with two attached hydrogens (primary N) is 1. The van der Waals surface area contributed by atoms with Gasteiger partial charge >= 0.3 is 0 Å². The highest BCUT2D eigenvalue weighted by Crippen LogP contribution is 2.37. The van der Waals surface area contributed by atoms with E-state index in [1.165, 1.54) is 14.2 Å². The summed E-state index contributed by atoms with van der Waals surface area (Å²) >= 11 is 0. The summed E-state index contributed by atoms with van der Waals surface area (Å²) in [6.07, 6.45) is -0.823. The standard InChI is InChI=1S/C11H18N2O4/c1-15-7-4-9(16-2)11(8(14)6-13-12)10(5-7)17-3/h4-5,8,13-14H,6,12H2,1-3H3. The number of methoxy groups -OCH3 is 3. The van der Waals surface area contributed by atoms with Crippen LogP contribution in [0.4, 0.5) is 0 Å². The molecule has 4 N–H and O–H groups in total. The minimum absolute atomic E-state index is 0.194. The van der Waals surface area contributed by atoms with E-state index in [9.17, 15) is 5.11 Å². The van der Waals surface area contributed by atoms with Gasteiger partial charge in [-0.25, -0.2) is 0 Å². The molecule has 1 unspecified atom stereocenters. The summed E-state index contributed by atoms with van der Waals surface area (Å²) in [6.45, 7) is 0.194. The first-order chi connectivity index (χ1) is 8.17. The number of hydrogen-bond donors (Lipinski definition) is 3. The summed E-state index contributed by atoms with van der Waals surface area (Å²) in [5.74, 6) is 6.76. The second kappa shape index (κ2) is 6.29. The fourth-order valence-electron chi connectivity index (χ4n) is 1.57. The van der Waals surface area contributed by atoms with Crippen LogP contribution in [0.5, 0.6) is 17.2 Å². The zero-order chi connectivity index (χ0) is 12.8. The summed E-state index contributed by atoms with van der Waals surface area (Å²) in [5, 5.41) is 9.96. The third kappa shape index (κ3) is 3.00. The number of rotatable bonds is 6. The van der Waals surface area contributed by atoms with Gasteiger partial charge in [0, 0.05) is 18.7 Å². The molecule has 0 aliphatic carbocycles. The number of aliphatic hydroxyl groups is 1. The Morgan fingerprint density at radius 3 is 2.06 bits per heavy atom. The zero-order valence-corrected chi connectivity index (χ0v) is 10.2. The first-order valence-electron chi connectivity index (χ1n) is 5.09. The molecule has 0 saturated carbocycles. The Kier molecular flexibility index (Phi) is 5.02. The molecule has 0 bridgehead atoms. The first-order valence-corrected chi connectivity index (χ1v) is 5.09. The van der Waals surface area contributed by atoms with E-state index in [4.69, 9.17) is 20.1 Å². The molecule has 0 spiro atoms. The van der Waals surface area contributed by atoms with Crippen molar-refractivity contribution in [3.63, 3.8) is 0 Å². The molecule has 6 heteroatoms. The Morgan fingerprint density at radius 1 is 1.18 bits per heavy atom. The van der Waals surface area contributed by atoms with Gasteiger partial charge < -0.3 is 19.3 Å². The summed E-state index contributed by atoms with van der Waals surface area (Å²) in [5.41, 5.74) is 2.94. The molecule has 17 heavy (non-hydrogen) atoms. The number of hydrogen-bond acceptors (Lipinski definition) is 6. The van der Waals surface area contributed by atoms with Crippen molar-refractivity contribution in [2.24, 2.45) is 5.84 Å². The van der Waals surface area contributed by atoms with Crippen LogP contribution in [0.3, 0.4) is 0 Å². The molecular weight excluding hydrogens is 224 g/mol. The van der Waals surface area contributed by atoms with Crippen LogP contribution in [-0.4, -0.2) is 33.0 Å². The van der Waals surface area contributed by atoms with Gasteiger partial charge in [-0.15, -0.1) is 0 Å². The van der Waals surface area contributed by atoms with Crippen LogP contribution in [0.2, 0.25) is 0 Å². The van der Waals surface area contributed by atoms with E-state index >= 15 is 0 Å². The predicted octanol–water partition coefficient (Wildman–Crippen LogP) is 0.209. The van der Waals surface area contributed by atoms with Gasteiger partial charge in [-0.3, -0.25) is 11.3 Å². The SMILES string of the molecule is COc1cc(OC)c(C(O)CNN)c(OC)c1. The van der Waals surface area contributed by atoms with Crippen LogP contribution in [0.15, 0.2) is 12.1 Å². The van der Waals surface area contributed by atoms with E-state index in [0.29, 0.717) is 22.8 Å². The van der Waals surface area contributed by atoms with E-state index < -0.39 is 6.10 Å². The Bertz CT molecular complexity index is 345. The van der Waals surface area contributed by atoms with Crippen LogP contribution in [0, 0.1) is 0 Å². The van der Waals surface area contributed by atoms with Gasteiger partial charge in [-0.1, -0.05) is 0 Å². The lowest BCUT2D eigenvalue weighted by molar-refractivity contribution is 0.166. The minimum atomic E-state index is -0.823. The van der Waals surface area contributed by atoms with Gasteiger partial charge in [0.25, 0.3) is 0 Å². The molecule has 0 aromatic heterocycles. The average Bonchev–Trinajstić information content (AvgIpc) is 2.37. The lowest BCUT2D eigenvalue weighted by Crippen LogP contribution is -2.28. The Labute approximate surface area is 100 Å². The number of benzene rings is 1. The Balaban J connectivity index is 3.23. The lowest BCUT2D eigenvalue weighted by atomic mass is 10.1. The molecule has 0 fully saturated rings. The quantitative estimate of drug-likeness (QED) is 0.488. The van der Waals surface area contributed by atoms with Gasteiger partial charge in [0.2, 0.25) is 0 Å². The second-order valence-corrected chi connectivity index (χ2v) is 3.37. The third-order valence-electron chi connectivity index (χ3n) is 2.40. The molecule has 0 aliphatic rings. The van der Waals surface area contributed by atoms with Crippen LogP contribution < -0.4 is 25.5 Å². The molecule has 0 aliphatic heterocycles. The molecule has 1 aromatic rings. The van der Waals surface area contributed by atoms with Gasteiger partial charge in [0.05, 0.1) is 26.9 Å². The van der Waals surface area contributed by atoms with E-state index in [-0.39, 0.29) is 6.54 Å². The third-order valence-corrected chi connectivity index (χ3v) is 2.40. The maximum Gasteiger partial charge on any atom is 0.132 e. The molecule has 0 amide bonds. The monoisotopic (exact) mass is 242 g/mol. The van der Waals surface area contributed by atoms with Crippen LogP contribution in [0.25, 0.3) is 0 Å². The molecule has 0 radical (unpaired) electrons. The molecule has 0 heterocycles. The maximum absolute atomic E-state index is 9.96. The summed E-state index contributed by atoms with van der Waals surface area (Å²) in [4.78, 5) is 0. The largest absolute Gasteiger partial charge is 0.496 e. The molecule has 0 saturated heterocycles. The summed E-state index contributed by atoms with van der Waals surface area (Å²) < 4.78 is 15.5. The van der Waals surface area contributed by atoms with E-state index in [0.717, 1.165) is 0 Å². The summed E-state index contributed by atoms with van der Waals surface area (Å²) in [6, 6.07) is 3.36. The lowest BCUT2D eigenvalue weighted by Gasteiger charge is -2.18. The highest BCUT2D eigenvalue weighted by Gasteiger charge is 2.20. The number of ether oxygens (including phenoxy) is 3. The van der Waals surface area contributed by atoms with Crippen molar-refractivity contribution in [1.82, 2.24) is 5.43 Å². The molecule has 1 aromatic carbocycles. The second-order valence-electron chi connectivity index (χ2n) is 3.37. The smallest absolute Gasteiger partial charge is 0.132 e. The van der Waals surface area contributed by atoms with Gasteiger partial charge in [-0.05, 0) is 0 Å². The molecule has 96 valence electrons. The van der Waals surface area contributed by atoms with Crippen molar-refractivity contribution in [3.8, 4) is 17.2 Å². The van der Waals surface area contributed by atoms with E-state index in [1.807, 2.05) is 0 Å². The normalized spacial score (nSPS) is 12.1.